The zero-order valence-electron chi connectivity index (χ0n) is 18.4. The number of nitrogens with zero attached hydrogens (tertiary/aromatic N) is 3. The molecule has 9 nitrogen and oxygen atoms in total. The van der Waals surface area contributed by atoms with Crippen LogP contribution in [0.25, 0.3) is 11.0 Å². The molecule has 0 radical (unpaired) electrons. The molecule has 3 rings (SSSR count). The Morgan fingerprint density at radius 1 is 1.39 bits per heavy atom. The molecular weight excluding hydrogens is 396 g/mol. The minimum Gasteiger partial charge on any atom is -0.353 e. The van der Waals surface area contributed by atoms with Crippen LogP contribution in [0.15, 0.2) is 17.1 Å². The molecule has 4 atom stereocenters. The normalized spacial score (nSPS) is 20.8. The monoisotopic (exact) mass is 426 g/mol. The molecule has 0 saturated carbocycles. The van der Waals surface area contributed by atoms with Crippen molar-refractivity contribution in [1.82, 2.24) is 25.2 Å². The first-order valence-electron chi connectivity index (χ1n) is 10.8. The van der Waals surface area contributed by atoms with Crippen LogP contribution in [-0.4, -0.2) is 38.4 Å². The lowest BCUT2D eigenvalue weighted by molar-refractivity contribution is -0.129. The molecule has 2 amide bonds. The molecule has 9 heteroatoms. The van der Waals surface area contributed by atoms with E-state index >= 15 is 0 Å². The summed E-state index contributed by atoms with van der Waals surface area (Å²) in [5.41, 5.74) is 0.554. The molecule has 166 valence electrons. The van der Waals surface area contributed by atoms with Crippen LogP contribution in [0.5, 0.6) is 0 Å². The lowest BCUT2D eigenvalue weighted by atomic mass is 9.89. The van der Waals surface area contributed by atoms with Crippen LogP contribution < -0.4 is 16.2 Å². The molecule has 2 aromatic heterocycles. The molecule has 1 fully saturated rings. The van der Waals surface area contributed by atoms with Gasteiger partial charge in [0.15, 0.2) is 5.52 Å². The van der Waals surface area contributed by atoms with Crippen LogP contribution in [0.2, 0.25) is 0 Å². The highest BCUT2D eigenvalue weighted by Gasteiger charge is 2.31. The number of aryl methyl sites for hydroxylation is 1. The number of aromatic amines is 1. The summed E-state index contributed by atoms with van der Waals surface area (Å²) in [5, 5.41) is 15.3. The Labute approximate surface area is 181 Å². The Morgan fingerprint density at radius 2 is 2.13 bits per heavy atom. The Morgan fingerprint density at radius 3 is 2.77 bits per heavy atom. The average molecular weight is 427 g/mol. The number of piperidine rings is 1. The van der Waals surface area contributed by atoms with Gasteiger partial charge in [-0.1, -0.05) is 13.8 Å². The fraction of sp³-hybridized carbons (Fsp3) is 0.591. The zero-order valence-corrected chi connectivity index (χ0v) is 18.4. The van der Waals surface area contributed by atoms with Gasteiger partial charge in [-0.15, -0.1) is 0 Å². The molecule has 3 N–H and O–H groups in total. The van der Waals surface area contributed by atoms with Crippen molar-refractivity contribution in [3.05, 3.63) is 28.4 Å². The molecule has 0 bridgehead atoms. The predicted octanol–water partition coefficient (Wildman–Crippen LogP) is 1.93. The predicted molar refractivity (Wildman–Crippen MR) is 116 cm³/mol. The first-order chi connectivity index (χ1) is 14.7. The maximum atomic E-state index is 13.2. The molecule has 2 aromatic rings. The highest BCUT2D eigenvalue weighted by atomic mass is 16.2. The minimum absolute atomic E-state index is 0.0810. The Hall–Kier alpha value is -3.15. The van der Waals surface area contributed by atoms with Crippen LogP contribution in [0.4, 0.5) is 0 Å². The molecular formula is C22H30N6O3. The van der Waals surface area contributed by atoms with Crippen molar-refractivity contribution < 1.29 is 9.59 Å². The van der Waals surface area contributed by atoms with E-state index in [2.05, 4.69) is 26.7 Å². The number of hydrogen-bond acceptors (Lipinski definition) is 5. The number of aromatic nitrogens is 3. The van der Waals surface area contributed by atoms with Crippen LogP contribution in [0.1, 0.15) is 58.3 Å². The summed E-state index contributed by atoms with van der Waals surface area (Å²) in [4.78, 5) is 45.7. The lowest BCUT2D eigenvalue weighted by Gasteiger charge is -2.29. The van der Waals surface area contributed by atoms with Gasteiger partial charge in [0.1, 0.15) is 17.9 Å². The summed E-state index contributed by atoms with van der Waals surface area (Å²) in [7, 11) is 0. The van der Waals surface area contributed by atoms with E-state index in [9.17, 15) is 19.6 Å². The Bertz CT molecular complexity index is 1060. The molecule has 1 aliphatic heterocycles. The highest BCUT2D eigenvalue weighted by Crippen LogP contribution is 2.22. The number of pyridine rings is 1. The van der Waals surface area contributed by atoms with E-state index in [0.717, 1.165) is 6.42 Å². The summed E-state index contributed by atoms with van der Waals surface area (Å²) >= 11 is 0. The summed E-state index contributed by atoms with van der Waals surface area (Å²) in [6.45, 7) is 7.65. The van der Waals surface area contributed by atoms with Crippen LogP contribution in [0.3, 0.4) is 0 Å². The second kappa shape index (κ2) is 9.33. The number of fused-ring (bicyclic) bond motifs is 1. The SMILES string of the molecule is Cc1nc2c(=O)n(C(CC(C)C)C(=O)N[C@H](C#N)C[C@@H]3CC[C@@H](C)NC3=O)ccc2[nH]1. The summed E-state index contributed by atoms with van der Waals surface area (Å²) in [5.74, 6) is -0.0263. The molecule has 1 unspecified atom stereocenters. The molecule has 1 aliphatic rings. The van der Waals surface area contributed by atoms with E-state index in [1.54, 1.807) is 19.2 Å². The maximum absolute atomic E-state index is 13.2. The van der Waals surface area contributed by atoms with E-state index in [1.807, 2.05) is 20.8 Å². The third-order valence-electron chi connectivity index (χ3n) is 5.72. The maximum Gasteiger partial charge on any atom is 0.279 e. The number of hydrogen-bond donors (Lipinski definition) is 3. The van der Waals surface area contributed by atoms with E-state index in [-0.39, 0.29) is 41.3 Å². The standard InChI is InChI=1S/C22H30N6O3/c1-12(2)9-18(28-8-7-17-19(22(28)31)26-14(4)25-17)21(30)27-16(11-23)10-15-6-5-13(3)24-20(15)29/h7-8,12-13,15-16,18H,5-6,9-10H2,1-4H3,(H,24,29)(H,25,26)(H,27,30)/t13-,15+,16+,18?/m1/s1. The average Bonchev–Trinajstić information content (AvgIpc) is 3.09. The van der Waals surface area contributed by atoms with E-state index in [0.29, 0.717) is 24.2 Å². The van der Waals surface area contributed by atoms with Gasteiger partial charge in [-0.2, -0.15) is 5.26 Å². The second-order valence-electron chi connectivity index (χ2n) is 8.87. The van der Waals surface area contributed by atoms with E-state index in [1.165, 1.54) is 4.57 Å². The van der Waals surface area contributed by atoms with Crippen molar-refractivity contribution in [1.29, 1.82) is 5.26 Å². The summed E-state index contributed by atoms with van der Waals surface area (Å²) in [6.07, 6.45) is 3.80. The van der Waals surface area contributed by atoms with Crippen LogP contribution in [-0.2, 0) is 9.59 Å². The smallest absolute Gasteiger partial charge is 0.279 e. The second-order valence-corrected chi connectivity index (χ2v) is 8.87. The number of H-pyrrole nitrogens is 1. The van der Waals surface area contributed by atoms with Gasteiger partial charge in [0.2, 0.25) is 11.8 Å². The number of rotatable bonds is 7. The first-order valence-corrected chi connectivity index (χ1v) is 10.8. The summed E-state index contributed by atoms with van der Waals surface area (Å²) < 4.78 is 1.39. The van der Waals surface area contributed by atoms with Gasteiger partial charge < -0.3 is 20.2 Å². The molecule has 0 spiro atoms. The van der Waals surface area contributed by atoms with Crippen molar-refractivity contribution in [2.45, 2.75) is 71.5 Å². The number of nitriles is 1. The van der Waals surface area contributed by atoms with Gasteiger partial charge in [-0.05, 0) is 51.5 Å². The van der Waals surface area contributed by atoms with Gasteiger partial charge in [0.25, 0.3) is 5.56 Å². The summed E-state index contributed by atoms with van der Waals surface area (Å²) in [6, 6.07) is 2.38. The van der Waals surface area contributed by atoms with Crippen molar-refractivity contribution in [3.63, 3.8) is 0 Å². The van der Waals surface area contributed by atoms with Crippen LogP contribution in [0, 0.1) is 30.1 Å². The van der Waals surface area contributed by atoms with Crippen molar-refractivity contribution >= 4 is 22.8 Å². The zero-order chi connectivity index (χ0) is 22.7. The van der Waals surface area contributed by atoms with Gasteiger partial charge in [-0.3, -0.25) is 14.4 Å². The molecule has 31 heavy (non-hydrogen) atoms. The van der Waals surface area contributed by atoms with Crippen LogP contribution >= 0.6 is 0 Å². The molecule has 1 saturated heterocycles. The number of carbonyl (C=O) groups is 2. The third kappa shape index (κ3) is 5.13. The first kappa shape index (κ1) is 22.5. The highest BCUT2D eigenvalue weighted by molar-refractivity contribution is 5.82. The largest absolute Gasteiger partial charge is 0.353 e. The quantitative estimate of drug-likeness (QED) is 0.622. The number of imidazole rings is 1. The van der Waals surface area contributed by atoms with Gasteiger partial charge >= 0.3 is 0 Å². The van der Waals surface area contributed by atoms with Crippen molar-refractivity contribution in [3.8, 4) is 6.07 Å². The molecule has 3 heterocycles. The van der Waals surface area contributed by atoms with Gasteiger partial charge in [-0.25, -0.2) is 4.98 Å². The fourth-order valence-electron chi connectivity index (χ4n) is 4.11. The Kier molecular flexibility index (Phi) is 6.78. The molecule has 0 aliphatic carbocycles. The lowest BCUT2D eigenvalue weighted by Crippen LogP contribution is -2.47. The van der Waals surface area contributed by atoms with E-state index < -0.39 is 18.0 Å². The van der Waals surface area contributed by atoms with Crippen molar-refractivity contribution in [2.24, 2.45) is 11.8 Å². The Balaban J connectivity index is 1.81. The number of nitrogens with one attached hydrogen (secondary N) is 3. The number of amides is 2. The van der Waals surface area contributed by atoms with Gasteiger partial charge in [0, 0.05) is 18.2 Å². The van der Waals surface area contributed by atoms with E-state index in [4.69, 9.17) is 0 Å². The number of carbonyl (C=O) groups excluding carboxylic acids is 2. The van der Waals surface area contributed by atoms with Gasteiger partial charge in [0.05, 0.1) is 11.6 Å². The minimum atomic E-state index is -0.807. The fourth-order valence-corrected chi connectivity index (χ4v) is 4.11. The third-order valence-corrected chi connectivity index (χ3v) is 5.72. The molecule has 0 aromatic carbocycles. The van der Waals surface area contributed by atoms with Crippen molar-refractivity contribution in [2.75, 3.05) is 0 Å². The topological polar surface area (TPSA) is 133 Å².